The zero-order chi connectivity index (χ0) is 19.3. The van der Waals surface area contributed by atoms with E-state index in [9.17, 15) is 9.59 Å². The van der Waals surface area contributed by atoms with E-state index >= 15 is 0 Å². The van der Waals surface area contributed by atoms with Crippen LogP contribution in [0.4, 0.5) is 10.5 Å². The summed E-state index contributed by atoms with van der Waals surface area (Å²) in [4.78, 5) is 23.0. The summed E-state index contributed by atoms with van der Waals surface area (Å²) in [5.41, 5.74) is 1.67. The number of hydrogen-bond donors (Lipinski definition) is 3. The van der Waals surface area contributed by atoms with Crippen molar-refractivity contribution in [3.8, 4) is 5.69 Å². The summed E-state index contributed by atoms with van der Waals surface area (Å²) in [6.07, 6.45) is 2.58. The SMILES string of the molecule is CCc1c(NC(=O)NC(C)(C)CCC(=O)O)cnn1-c1ccc(Cl)cc1. The smallest absolute Gasteiger partial charge is 0.319 e. The lowest BCUT2D eigenvalue weighted by Crippen LogP contribution is -2.45. The molecular weight excluding hydrogens is 356 g/mol. The number of rotatable bonds is 7. The van der Waals surface area contributed by atoms with E-state index in [1.807, 2.05) is 19.1 Å². The molecule has 0 fully saturated rings. The number of amides is 2. The summed E-state index contributed by atoms with van der Waals surface area (Å²) in [7, 11) is 0. The summed E-state index contributed by atoms with van der Waals surface area (Å²) in [5, 5.41) is 19.4. The maximum atomic E-state index is 12.3. The van der Waals surface area contributed by atoms with Crippen molar-refractivity contribution in [3.63, 3.8) is 0 Å². The second-order valence-corrected chi connectivity index (χ2v) is 7.04. The minimum atomic E-state index is -0.891. The Hall–Kier alpha value is -2.54. The van der Waals surface area contributed by atoms with Gasteiger partial charge in [-0.25, -0.2) is 9.48 Å². The molecule has 0 saturated heterocycles. The molecule has 0 saturated carbocycles. The van der Waals surface area contributed by atoms with Crippen molar-refractivity contribution >= 4 is 29.3 Å². The van der Waals surface area contributed by atoms with E-state index in [2.05, 4.69) is 15.7 Å². The highest BCUT2D eigenvalue weighted by molar-refractivity contribution is 6.30. The Morgan fingerprint density at radius 2 is 1.92 bits per heavy atom. The van der Waals surface area contributed by atoms with Gasteiger partial charge in [0.1, 0.15) is 0 Å². The summed E-state index contributed by atoms with van der Waals surface area (Å²) in [5.74, 6) is -0.891. The molecule has 0 radical (unpaired) electrons. The quantitative estimate of drug-likeness (QED) is 0.681. The molecule has 3 N–H and O–H groups in total. The zero-order valence-electron chi connectivity index (χ0n) is 15.0. The molecule has 0 aliphatic carbocycles. The van der Waals surface area contributed by atoms with Gasteiger partial charge in [-0.3, -0.25) is 4.79 Å². The first-order valence-corrected chi connectivity index (χ1v) is 8.73. The Morgan fingerprint density at radius 1 is 1.27 bits per heavy atom. The van der Waals surface area contributed by atoms with E-state index in [0.717, 1.165) is 11.4 Å². The predicted octanol–water partition coefficient (Wildman–Crippen LogP) is 3.85. The lowest BCUT2D eigenvalue weighted by molar-refractivity contribution is -0.137. The van der Waals surface area contributed by atoms with Crippen molar-refractivity contribution in [2.75, 3.05) is 5.32 Å². The van der Waals surface area contributed by atoms with Gasteiger partial charge in [0.2, 0.25) is 0 Å². The number of aliphatic carboxylic acids is 1. The Kier molecular flexibility index (Phi) is 6.26. The molecule has 0 unspecified atom stereocenters. The van der Waals surface area contributed by atoms with Crippen LogP contribution >= 0.6 is 11.6 Å². The molecule has 2 rings (SSSR count). The van der Waals surface area contributed by atoms with Gasteiger partial charge in [-0.15, -0.1) is 0 Å². The van der Waals surface area contributed by atoms with Crippen LogP contribution in [0.15, 0.2) is 30.5 Å². The maximum Gasteiger partial charge on any atom is 0.319 e. The van der Waals surface area contributed by atoms with Crippen LogP contribution in [-0.4, -0.2) is 32.4 Å². The molecule has 2 amide bonds. The fourth-order valence-corrected chi connectivity index (χ4v) is 2.69. The van der Waals surface area contributed by atoms with Crippen LogP contribution in [-0.2, 0) is 11.2 Å². The number of hydrogen-bond acceptors (Lipinski definition) is 3. The van der Waals surface area contributed by atoms with Gasteiger partial charge in [0.15, 0.2) is 0 Å². The average Bonchev–Trinajstić information content (AvgIpc) is 2.95. The Balaban J connectivity index is 2.11. The lowest BCUT2D eigenvalue weighted by Gasteiger charge is -2.25. The van der Waals surface area contributed by atoms with Crippen LogP contribution in [0.3, 0.4) is 0 Å². The largest absolute Gasteiger partial charge is 0.481 e. The van der Waals surface area contributed by atoms with Gasteiger partial charge in [0.25, 0.3) is 0 Å². The maximum absolute atomic E-state index is 12.3. The first-order valence-electron chi connectivity index (χ1n) is 8.35. The van der Waals surface area contributed by atoms with Gasteiger partial charge >= 0.3 is 12.0 Å². The van der Waals surface area contributed by atoms with E-state index < -0.39 is 17.5 Å². The van der Waals surface area contributed by atoms with Gasteiger partial charge in [-0.2, -0.15) is 5.10 Å². The van der Waals surface area contributed by atoms with Crippen LogP contribution in [0.2, 0.25) is 5.02 Å². The molecule has 0 spiro atoms. The molecule has 1 heterocycles. The first kappa shape index (κ1) is 19.8. The second-order valence-electron chi connectivity index (χ2n) is 6.60. The molecular formula is C18H23ClN4O3. The molecule has 1 aromatic carbocycles. The third kappa shape index (κ3) is 5.23. The van der Waals surface area contributed by atoms with Crippen molar-refractivity contribution in [2.24, 2.45) is 0 Å². The van der Waals surface area contributed by atoms with Crippen molar-refractivity contribution in [2.45, 2.75) is 45.6 Å². The number of carbonyl (C=O) groups is 2. The van der Waals surface area contributed by atoms with E-state index in [0.29, 0.717) is 23.6 Å². The van der Waals surface area contributed by atoms with Crippen molar-refractivity contribution in [1.82, 2.24) is 15.1 Å². The normalized spacial score (nSPS) is 11.2. The van der Waals surface area contributed by atoms with Crippen molar-refractivity contribution in [1.29, 1.82) is 0 Å². The van der Waals surface area contributed by atoms with E-state index in [-0.39, 0.29) is 6.42 Å². The first-order chi connectivity index (χ1) is 12.2. The van der Waals surface area contributed by atoms with Gasteiger partial charge in [0, 0.05) is 17.0 Å². The lowest BCUT2D eigenvalue weighted by atomic mass is 9.99. The van der Waals surface area contributed by atoms with Crippen molar-refractivity contribution in [3.05, 3.63) is 41.2 Å². The topological polar surface area (TPSA) is 96.2 Å². The van der Waals surface area contributed by atoms with Crippen LogP contribution in [0.25, 0.3) is 5.69 Å². The number of anilines is 1. The standard InChI is InChI=1S/C18H23ClN4O3/c1-4-15-14(11-20-23(15)13-7-5-12(19)6-8-13)21-17(26)22-18(2,3)10-9-16(24)25/h5-8,11H,4,9-10H2,1-3H3,(H,24,25)(H2,21,22,26). The van der Waals surface area contributed by atoms with Crippen LogP contribution in [0.5, 0.6) is 0 Å². The molecule has 7 nitrogen and oxygen atoms in total. The summed E-state index contributed by atoms with van der Waals surface area (Å²) in [6.45, 7) is 5.55. The number of benzene rings is 1. The zero-order valence-corrected chi connectivity index (χ0v) is 15.8. The number of carboxylic acids is 1. The number of nitrogens with zero attached hydrogens (tertiary/aromatic N) is 2. The van der Waals surface area contributed by atoms with Crippen LogP contribution in [0, 0.1) is 0 Å². The van der Waals surface area contributed by atoms with Gasteiger partial charge in [-0.05, 0) is 51.0 Å². The van der Waals surface area contributed by atoms with Gasteiger partial charge in [-0.1, -0.05) is 18.5 Å². The number of nitrogens with one attached hydrogen (secondary N) is 2. The summed E-state index contributed by atoms with van der Waals surface area (Å²) < 4.78 is 1.75. The summed E-state index contributed by atoms with van der Waals surface area (Å²) in [6, 6.07) is 6.87. The Labute approximate surface area is 157 Å². The molecule has 1 aromatic heterocycles. The monoisotopic (exact) mass is 378 g/mol. The second kappa shape index (κ2) is 8.23. The highest BCUT2D eigenvalue weighted by Crippen LogP contribution is 2.22. The highest BCUT2D eigenvalue weighted by Gasteiger charge is 2.22. The third-order valence-electron chi connectivity index (χ3n) is 3.94. The molecule has 0 aliphatic rings. The molecule has 2 aromatic rings. The van der Waals surface area contributed by atoms with E-state index in [4.69, 9.17) is 16.7 Å². The van der Waals surface area contributed by atoms with E-state index in [1.54, 1.807) is 36.9 Å². The molecule has 0 bridgehead atoms. The molecule has 0 aliphatic heterocycles. The van der Waals surface area contributed by atoms with Crippen LogP contribution in [0.1, 0.15) is 39.3 Å². The third-order valence-corrected chi connectivity index (χ3v) is 4.19. The summed E-state index contributed by atoms with van der Waals surface area (Å²) >= 11 is 5.92. The minimum Gasteiger partial charge on any atom is -0.481 e. The van der Waals surface area contributed by atoms with Gasteiger partial charge < -0.3 is 15.7 Å². The number of aromatic nitrogens is 2. The molecule has 0 atom stereocenters. The van der Waals surface area contributed by atoms with Crippen molar-refractivity contribution < 1.29 is 14.7 Å². The fourth-order valence-electron chi connectivity index (χ4n) is 2.57. The molecule has 8 heteroatoms. The number of carboxylic acid groups (broad SMARTS) is 1. The fraction of sp³-hybridized carbons (Fsp3) is 0.389. The Bertz CT molecular complexity index is 784. The molecule has 26 heavy (non-hydrogen) atoms. The number of carbonyl (C=O) groups excluding carboxylic acids is 1. The predicted molar refractivity (Wildman–Crippen MR) is 101 cm³/mol. The highest BCUT2D eigenvalue weighted by atomic mass is 35.5. The van der Waals surface area contributed by atoms with Gasteiger partial charge in [0.05, 0.1) is 23.3 Å². The molecule has 140 valence electrons. The number of urea groups is 1. The number of halogens is 1. The minimum absolute atomic E-state index is 0.0119. The van der Waals surface area contributed by atoms with Crippen LogP contribution < -0.4 is 10.6 Å². The van der Waals surface area contributed by atoms with E-state index in [1.165, 1.54) is 0 Å². The Morgan fingerprint density at radius 3 is 2.50 bits per heavy atom. The average molecular weight is 379 g/mol.